The summed E-state index contributed by atoms with van der Waals surface area (Å²) >= 11 is 0. The first-order chi connectivity index (χ1) is 8.49. The van der Waals surface area contributed by atoms with Gasteiger partial charge in [0.1, 0.15) is 5.54 Å². The van der Waals surface area contributed by atoms with Crippen LogP contribution in [0.25, 0.3) is 0 Å². The van der Waals surface area contributed by atoms with Crippen LogP contribution >= 0.6 is 0 Å². The molecule has 0 bridgehead atoms. The maximum Gasteiger partial charge on any atom is 0.226 e. The summed E-state index contributed by atoms with van der Waals surface area (Å²) in [5.74, 6) is 1.72. The van der Waals surface area contributed by atoms with Crippen molar-refractivity contribution in [1.82, 2.24) is 10.1 Å². The fraction of sp³-hybridized carbons (Fsp3) is 0.846. The van der Waals surface area contributed by atoms with Gasteiger partial charge in [-0.05, 0) is 19.3 Å². The van der Waals surface area contributed by atoms with E-state index in [9.17, 15) is 0 Å². The zero-order valence-corrected chi connectivity index (χ0v) is 11.9. The molecule has 5 nitrogen and oxygen atoms in total. The first-order valence-electron chi connectivity index (χ1n) is 6.69. The minimum Gasteiger partial charge on any atom is -0.379 e. The summed E-state index contributed by atoms with van der Waals surface area (Å²) in [7, 11) is 0. The van der Waals surface area contributed by atoms with Gasteiger partial charge in [0.15, 0.2) is 5.82 Å². The molecule has 0 radical (unpaired) electrons. The van der Waals surface area contributed by atoms with Gasteiger partial charge in [0.25, 0.3) is 0 Å². The average Bonchev–Trinajstić information content (AvgIpc) is 2.78. The second-order valence-corrected chi connectivity index (χ2v) is 5.20. The minimum absolute atomic E-state index is 0.406. The minimum atomic E-state index is -0.688. The quantitative estimate of drug-likeness (QED) is 0.721. The van der Waals surface area contributed by atoms with Crippen LogP contribution in [-0.2, 0) is 16.7 Å². The Hall–Kier alpha value is -0.940. The van der Waals surface area contributed by atoms with Crippen LogP contribution < -0.4 is 5.73 Å². The Balaban J connectivity index is 2.60. The largest absolute Gasteiger partial charge is 0.379 e. The third-order valence-electron chi connectivity index (χ3n) is 2.95. The molecule has 0 aromatic carbocycles. The number of hydrogen-bond donors (Lipinski definition) is 1. The fourth-order valence-corrected chi connectivity index (χ4v) is 1.51. The second-order valence-electron chi connectivity index (χ2n) is 5.20. The molecule has 1 heterocycles. The Labute approximate surface area is 109 Å². The van der Waals surface area contributed by atoms with Gasteiger partial charge in [-0.15, -0.1) is 0 Å². The van der Waals surface area contributed by atoms with Gasteiger partial charge >= 0.3 is 0 Å². The van der Waals surface area contributed by atoms with Crippen LogP contribution in [0.2, 0.25) is 0 Å². The number of nitrogens with zero attached hydrogens (tertiary/aromatic N) is 2. The molecular formula is C13H25N3O2. The lowest BCUT2D eigenvalue weighted by Crippen LogP contribution is -2.39. The number of hydrogen-bond acceptors (Lipinski definition) is 5. The third-order valence-corrected chi connectivity index (χ3v) is 2.95. The SMILES string of the molecule is CCCOCC(C)(N)c1noc(CC(C)CC)n1. The van der Waals surface area contributed by atoms with Crippen molar-refractivity contribution < 1.29 is 9.26 Å². The average molecular weight is 255 g/mol. The topological polar surface area (TPSA) is 74.2 Å². The van der Waals surface area contributed by atoms with E-state index in [1.807, 2.05) is 6.92 Å². The van der Waals surface area contributed by atoms with Gasteiger partial charge in [-0.25, -0.2) is 0 Å². The summed E-state index contributed by atoms with van der Waals surface area (Å²) in [6.45, 7) is 9.34. The number of rotatable bonds is 8. The van der Waals surface area contributed by atoms with Crippen molar-refractivity contribution in [1.29, 1.82) is 0 Å². The smallest absolute Gasteiger partial charge is 0.226 e. The maximum atomic E-state index is 6.15. The van der Waals surface area contributed by atoms with Crippen LogP contribution in [0, 0.1) is 5.92 Å². The predicted octanol–water partition coefficient (Wildman–Crippen LogP) is 2.26. The van der Waals surface area contributed by atoms with E-state index in [-0.39, 0.29) is 0 Å². The molecule has 1 aromatic heterocycles. The highest BCUT2D eigenvalue weighted by molar-refractivity contribution is 5.02. The molecular weight excluding hydrogens is 230 g/mol. The van der Waals surface area contributed by atoms with Gasteiger partial charge in [0.05, 0.1) is 6.61 Å². The van der Waals surface area contributed by atoms with Crippen molar-refractivity contribution in [2.24, 2.45) is 11.7 Å². The summed E-state index contributed by atoms with van der Waals surface area (Å²) in [6.07, 6.45) is 2.87. The first-order valence-corrected chi connectivity index (χ1v) is 6.69. The molecule has 2 N–H and O–H groups in total. The zero-order chi connectivity index (χ0) is 13.6. The molecule has 0 spiro atoms. The highest BCUT2D eigenvalue weighted by Crippen LogP contribution is 2.17. The fourth-order valence-electron chi connectivity index (χ4n) is 1.51. The molecule has 104 valence electrons. The predicted molar refractivity (Wildman–Crippen MR) is 70.1 cm³/mol. The van der Waals surface area contributed by atoms with E-state index in [4.69, 9.17) is 15.0 Å². The number of aromatic nitrogens is 2. The van der Waals surface area contributed by atoms with E-state index in [1.54, 1.807) is 0 Å². The molecule has 1 aromatic rings. The Kier molecular flexibility index (Phi) is 5.75. The highest BCUT2D eigenvalue weighted by atomic mass is 16.5. The van der Waals surface area contributed by atoms with E-state index in [2.05, 4.69) is 30.9 Å². The molecule has 0 saturated heterocycles. The molecule has 1 rings (SSSR count). The van der Waals surface area contributed by atoms with Crippen LogP contribution in [0.5, 0.6) is 0 Å². The Morgan fingerprint density at radius 3 is 2.78 bits per heavy atom. The maximum absolute atomic E-state index is 6.15. The van der Waals surface area contributed by atoms with Gasteiger partial charge in [0, 0.05) is 13.0 Å². The second kappa shape index (κ2) is 6.85. The summed E-state index contributed by atoms with van der Waals surface area (Å²) in [4.78, 5) is 4.37. The Morgan fingerprint density at radius 2 is 2.17 bits per heavy atom. The molecule has 2 unspecified atom stereocenters. The van der Waals surface area contributed by atoms with Crippen LogP contribution in [0.4, 0.5) is 0 Å². The van der Waals surface area contributed by atoms with E-state index in [0.29, 0.717) is 30.8 Å². The van der Waals surface area contributed by atoms with Crippen molar-refractivity contribution in [3.63, 3.8) is 0 Å². The van der Waals surface area contributed by atoms with Gasteiger partial charge in [-0.2, -0.15) is 4.98 Å². The van der Waals surface area contributed by atoms with Gasteiger partial charge in [0.2, 0.25) is 5.89 Å². The van der Waals surface area contributed by atoms with Crippen molar-refractivity contribution in [2.45, 2.75) is 52.5 Å². The molecule has 0 aliphatic heterocycles. The van der Waals surface area contributed by atoms with Crippen molar-refractivity contribution in [3.05, 3.63) is 11.7 Å². The molecule has 0 fully saturated rings. The highest BCUT2D eigenvalue weighted by Gasteiger charge is 2.28. The van der Waals surface area contributed by atoms with Crippen LogP contribution in [0.1, 0.15) is 52.3 Å². The van der Waals surface area contributed by atoms with Crippen molar-refractivity contribution >= 4 is 0 Å². The summed E-state index contributed by atoms with van der Waals surface area (Å²) in [6, 6.07) is 0. The van der Waals surface area contributed by atoms with E-state index in [0.717, 1.165) is 19.3 Å². The summed E-state index contributed by atoms with van der Waals surface area (Å²) in [5.41, 5.74) is 5.46. The van der Waals surface area contributed by atoms with Crippen LogP contribution in [0.15, 0.2) is 4.52 Å². The molecule has 0 aliphatic rings. The lowest BCUT2D eigenvalue weighted by molar-refractivity contribution is 0.0867. The Bertz CT molecular complexity index is 350. The van der Waals surface area contributed by atoms with Gasteiger partial charge in [-0.3, -0.25) is 0 Å². The van der Waals surface area contributed by atoms with E-state index < -0.39 is 5.54 Å². The standard InChI is InChI=1S/C13H25N3O2/c1-5-7-17-9-13(4,14)12-15-11(18-16-12)8-10(3)6-2/h10H,5-9,14H2,1-4H3. The first kappa shape index (κ1) is 15.1. The molecule has 2 atom stereocenters. The van der Waals surface area contributed by atoms with Gasteiger partial charge < -0.3 is 15.0 Å². The Morgan fingerprint density at radius 1 is 1.44 bits per heavy atom. The van der Waals surface area contributed by atoms with E-state index in [1.165, 1.54) is 0 Å². The molecule has 0 aliphatic carbocycles. The zero-order valence-electron chi connectivity index (χ0n) is 11.9. The summed E-state index contributed by atoms with van der Waals surface area (Å²) in [5, 5.41) is 3.96. The van der Waals surface area contributed by atoms with Crippen LogP contribution in [0.3, 0.4) is 0 Å². The lowest BCUT2D eigenvalue weighted by atomic mass is 10.0. The van der Waals surface area contributed by atoms with E-state index >= 15 is 0 Å². The number of ether oxygens (including phenoxy) is 1. The lowest BCUT2D eigenvalue weighted by Gasteiger charge is -2.19. The number of nitrogens with two attached hydrogens (primary N) is 1. The monoisotopic (exact) mass is 255 g/mol. The molecule has 5 heteroatoms. The van der Waals surface area contributed by atoms with Gasteiger partial charge in [-0.1, -0.05) is 32.3 Å². The normalized spacial score (nSPS) is 16.5. The third kappa shape index (κ3) is 4.38. The van der Waals surface area contributed by atoms with Crippen molar-refractivity contribution in [3.8, 4) is 0 Å². The summed E-state index contributed by atoms with van der Waals surface area (Å²) < 4.78 is 10.7. The van der Waals surface area contributed by atoms with Crippen LogP contribution in [-0.4, -0.2) is 23.4 Å². The molecule has 18 heavy (non-hydrogen) atoms. The molecule has 0 amide bonds. The van der Waals surface area contributed by atoms with Crippen molar-refractivity contribution in [2.75, 3.05) is 13.2 Å². The molecule has 0 saturated carbocycles.